The van der Waals surface area contributed by atoms with Crippen molar-refractivity contribution in [2.24, 2.45) is 0 Å². The Hall–Kier alpha value is -7.94. The predicted octanol–water partition coefficient (Wildman–Crippen LogP) is 16.0. The van der Waals surface area contributed by atoms with Crippen LogP contribution >= 0.6 is 0 Å². The average Bonchev–Trinajstić information content (AvgIpc) is 3.71. The molecule has 14 rings (SSSR count). The molecule has 4 aliphatic rings. The monoisotopic (exact) mass is 907 g/mol. The maximum absolute atomic E-state index is 2.79. The van der Waals surface area contributed by atoms with Crippen molar-refractivity contribution in [3.05, 3.63) is 275 Å². The van der Waals surface area contributed by atoms with Crippen LogP contribution in [0, 0.1) is 6.92 Å². The summed E-state index contributed by atoms with van der Waals surface area (Å²) in [5, 5.41) is 0. The van der Waals surface area contributed by atoms with Gasteiger partial charge in [0, 0.05) is 22.9 Å². The highest BCUT2D eigenvalue weighted by molar-refractivity contribution is 6.92. The van der Waals surface area contributed by atoms with Crippen LogP contribution in [0.15, 0.2) is 224 Å². The van der Waals surface area contributed by atoms with E-state index in [1.54, 1.807) is 0 Å². The van der Waals surface area contributed by atoms with E-state index in [1.165, 1.54) is 128 Å². The van der Waals surface area contributed by atoms with Gasteiger partial charge in [-0.1, -0.05) is 233 Å². The Morgan fingerprint density at radius 1 is 0.451 bits per heavy atom. The predicted molar refractivity (Wildman–Crippen MR) is 299 cm³/mol. The van der Waals surface area contributed by atoms with Crippen LogP contribution in [0.1, 0.15) is 83.2 Å². The van der Waals surface area contributed by atoms with Gasteiger partial charge in [0.25, 0.3) is 0 Å². The molecule has 2 heteroatoms. The van der Waals surface area contributed by atoms with Crippen molar-refractivity contribution in [2.75, 3.05) is 4.81 Å². The van der Waals surface area contributed by atoms with Crippen LogP contribution in [-0.4, -0.2) is 6.85 Å². The number of nitrogens with zero attached hydrogens (tertiary/aromatic N) is 1. The molecule has 1 unspecified atom stereocenters. The number of rotatable bonds is 6. The summed E-state index contributed by atoms with van der Waals surface area (Å²) in [6.07, 6.45) is 1.92. The minimum Gasteiger partial charge on any atom is -0.376 e. The number of anilines is 2. The second-order valence-electron chi connectivity index (χ2n) is 21.5. The van der Waals surface area contributed by atoms with E-state index in [0.717, 1.165) is 12.8 Å². The van der Waals surface area contributed by atoms with E-state index in [9.17, 15) is 0 Å². The Morgan fingerprint density at radius 2 is 1.07 bits per heavy atom. The topological polar surface area (TPSA) is 3.24 Å². The molecule has 0 bridgehead atoms. The zero-order chi connectivity index (χ0) is 47.6. The Kier molecular flexibility index (Phi) is 9.34. The summed E-state index contributed by atoms with van der Waals surface area (Å²) in [4.78, 5) is 2.79. The lowest BCUT2D eigenvalue weighted by atomic mass is 9.39. The first-order valence-electron chi connectivity index (χ1n) is 25.6. The molecule has 1 atom stereocenters. The van der Waals surface area contributed by atoms with Gasteiger partial charge in [0.1, 0.15) is 0 Å². The van der Waals surface area contributed by atoms with Gasteiger partial charge in [0.15, 0.2) is 0 Å². The molecule has 0 radical (unpaired) electrons. The minimum atomic E-state index is -0.496. The summed E-state index contributed by atoms with van der Waals surface area (Å²) in [5.41, 5.74) is 30.4. The standard InChI is InChI=1S/C69H54BN/c1-44-20-11-12-25-51(44)49-40-58-52(38-35-47-34-37-50(68(2,3)4)43-57(47)46-23-9-6-10-24-46)55-39-36-48(45-21-7-5-8-22-45)42-64(55)70-66(58)59(41-49)56-28-19-32-63-67(56)71(70)65-33-18-17-31-62(65)69(63)60-29-15-13-26-53(60)54-27-14-16-30-61(54)69/h5-34,36-37,39-43,52H,35,38H2,1-4H3. The molecule has 1 aliphatic carbocycles. The van der Waals surface area contributed by atoms with Crippen LogP contribution in [0.25, 0.3) is 55.6 Å². The fraction of sp³-hybridized carbons (Fsp3) is 0.130. The largest absolute Gasteiger partial charge is 0.376 e. The molecule has 0 fully saturated rings. The number of aryl methyl sites for hydroxylation is 2. The second-order valence-corrected chi connectivity index (χ2v) is 21.5. The van der Waals surface area contributed by atoms with Gasteiger partial charge in [-0.15, -0.1) is 0 Å². The fourth-order valence-corrected chi connectivity index (χ4v) is 13.5. The van der Waals surface area contributed by atoms with Crippen molar-refractivity contribution in [2.45, 2.75) is 57.3 Å². The first-order valence-corrected chi connectivity index (χ1v) is 25.6. The summed E-state index contributed by atoms with van der Waals surface area (Å²) >= 11 is 0. The van der Waals surface area contributed by atoms with Crippen molar-refractivity contribution in [3.8, 4) is 55.6 Å². The quantitative estimate of drug-likeness (QED) is 0.150. The molecule has 1 spiro atoms. The Morgan fingerprint density at radius 3 is 1.79 bits per heavy atom. The molecule has 3 heterocycles. The van der Waals surface area contributed by atoms with E-state index in [-0.39, 0.29) is 18.2 Å². The third-order valence-corrected chi connectivity index (χ3v) is 16.7. The van der Waals surface area contributed by atoms with Crippen LogP contribution in [0.5, 0.6) is 0 Å². The summed E-state index contributed by atoms with van der Waals surface area (Å²) < 4.78 is 0. The first kappa shape index (κ1) is 42.0. The van der Waals surface area contributed by atoms with Crippen molar-refractivity contribution in [3.63, 3.8) is 0 Å². The molecular formula is C69H54BN. The lowest BCUT2D eigenvalue weighted by Crippen LogP contribution is -2.63. The lowest BCUT2D eigenvalue weighted by Gasteiger charge is -2.52. The molecule has 338 valence electrons. The molecule has 10 aromatic carbocycles. The van der Waals surface area contributed by atoms with E-state index in [2.05, 4.69) is 257 Å². The maximum atomic E-state index is 2.79. The van der Waals surface area contributed by atoms with Gasteiger partial charge in [0.05, 0.1) is 5.41 Å². The molecule has 10 aromatic rings. The van der Waals surface area contributed by atoms with Gasteiger partial charge in [-0.3, -0.25) is 0 Å². The maximum Gasteiger partial charge on any atom is 0.329 e. The van der Waals surface area contributed by atoms with Gasteiger partial charge in [-0.25, -0.2) is 0 Å². The summed E-state index contributed by atoms with van der Waals surface area (Å²) in [6.45, 7) is 9.19. The van der Waals surface area contributed by atoms with E-state index in [1.807, 2.05) is 0 Å². The average molecular weight is 908 g/mol. The third-order valence-electron chi connectivity index (χ3n) is 16.7. The fourth-order valence-electron chi connectivity index (χ4n) is 13.5. The SMILES string of the molecule is Cc1ccccc1-c1cc2c3c(c1)C(CCc1ccc(C(C)(C)C)cc1-c1ccccc1)c1ccc(-c4ccccc4)cc1B3N1c3ccccc3C3(c4ccccc4-c4ccccc43)c3cccc-2c31. The number of benzene rings is 10. The number of para-hydroxylation sites is 2. The van der Waals surface area contributed by atoms with E-state index < -0.39 is 5.41 Å². The van der Waals surface area contributed by atoms with Gasteiger partial charge in [0.2, 0.25) is 0 Å². The highest BCUT2D eigenvalue weighted by atomic mass is 15.1. The molecule has 1 nitrogen and oxygen atoms in total. The van der Waals surface area contributed by atoms with Crippen LogP contribution < -0.4 is 15.7 Å². The van der Waals surface area contributed by atoms with E-state index in [4.69, 9.17) is 0 Å². The van der Waals surface area contributed by atoms with Crippen molar-refractivity contribution < 1.29 is 0 Å². The van der Waals surface area contributed by atoms with Crippen LogP contribution in [0.4, 0.5) is 11.4 Å². The highest BCUT2D eigenvalue weighted by Gasteiger charge is 2.56. The molecule has 0 saturated carbocycles. The first-order chi connectivity index (χ1) is 34.8. The Bertz CT molecular complexity index is 3740. The summed E-state index contributed by atoms with van der Waals surface area (Å²) in [5.74, 6) is 0.152. The molecule has 0 N–H and O–H groups in total. The van der Waals surface area contributed by atoms with Crippen molar-refractivity contribution in [1.29, 1.82) is 0 Å². The zero-order valence-corrected chi connectivity index (χ0v) is 40.9. The van der Waals surface area contributed by atoms with Crippen LogP contribution in [0.2, 0.25) is 0 Å². The molecule has 71 heavy (non-hydrogen) atoms. The molecule has 0 amide bonds. The van der Waals surface area contributed by atoms with Crippen LogP contribution in [0.3, 0.4) is 0 Å². The molecule has 0 saturated heterocycles. The number of hydrogen-bond donors (Lipinski definition) is 0. The number of fused-ring (bicyclic) bond motifs is 13. The minimum absolute atomic E-state index is 0.0400. The lowest BCUT2D eigenvalue weighted by molar-refractivity contribution is 0.590. The molecular weight excluding hydrogens is 854 g/mol. The van der Waals surface area contributed by atoms with Crippen molar-refractivity contribution in [1.82, 2.24) is 0 Å². The highest BCUT2D eigenvalue weighted by Crippen LogP contribution is 2.64. The zero-order valence-electron chi connectivity index (χ0n) is 40.9. The van der Waals surface area contributed by atoms with Gasteiger partial charge in [-0.05, 0) is 148 Å². The normalized spacial score (nSPS) is 15.1. The Balaban J connectivity index is 1.06. The molecule has 3 aliphatic heterocycles. The summed E-state index contributed by atoms with van der Waals surface area (Å²) in [6, 6.07) is 86.1. The summed E-state index contributed by atoms with van der Waals surface area (Å²) in [7, 11) is 0. The van der Waals surface area contributed by atoms with Gasteiger partial charge < -0.3 is 4.81 Å². The van der Waals surface area contributed by atoms with E-state index in [0.29, 0.717) is 0 Å². The van der Waals surface area contributed by atoms with Gasteiger partial charge in [-0.2, -0.15) is 0 Å². The molecule has 0 aromatic heterocycles. The smallest absolute Gasteiger partial charge is 0.329 e. The Labute approximate surface area is 419 Å². The third kappa shape index (κ3) is 6.13. The van der Waals surface area contributed by atoms with E-state index >= 15 is 0 Å². The van der Waals surface area contributed by atoms with Gasteiger partial charge >= 0.3 is 6.85 Å². The second kappa shape index (κ2) is 15.8. The van der Waals surface area contributed by atoms with Crippen molar-refractivity contribution >= 4 is 29.1 Å². The number of hydrogen-bond acceptors (Lipinski definition) is 1. The van der Waals surface area contributed by atoms with Crippen LogP contribution in [-0.2, 0) is 17.3 Å².